The molecule has 0 saturated heterocycles. The molecule has 144 valence electrons. The Morgan fingerprint density at radius 3 is 2.56 bits per heavy atom. The highest BCUT2D eigenvalue weighted by molar-refractivity contribution is 5.92. The molecule has 0 saturated carbocycles. The first kappa shape index (κ1) is 20.1. The van der Waals surface area contributed by atoms with Crippen molar-refractivity contribution in [3.63, 3.8) is 0 Å². The molecule has 0 aliphatic rings. The summed E-state index contributed by atoms with van der Waals surface area (Å²) in [6.07, 6.45) is -0.0990. The maximum Gasteiger partial charge on any atom is 0.248 e. The molecule has 1 unspecified atom stereocenters. The summed E-state index contributed by atoms with van der Waals surface area (Å²) < 4.78 is 11.2. The smallest absolute Gasteiger partial charge is 0.248 e. The first-order valence-electron chi connectivity index (χ1n) is 8.66. The molecule has 0 bridgehead atoms. The molecule has 0 fully saturated rings. The molecule has 7 nitrogen and oxygen atoms in total. The number of nitrogens with two attached hydrogens (primary N) is 1. The van der Waals surface area contributed by atoms with Crippen LogP contribution in [0.1, 0.15) is 22.8 Å². The van der Waals surface area contributed by atoms with E-state index in [0.717, 1.165) is 5.56 Å². The molecule has 4 N–H and O–H groups in total. The van der Waals surface area contributed by atoms with Gasteiger partial charge in [-0.2, -0.15) is 0 Å². The molecule has 27 heavy (non-hydrogen) atoms. The average Bonchev–Trinajstić information content (AvgIpc) is 2.68. The van der Waals surface area contributed by atoms with Crippen molar-refractivity contribution in [2.45, 2.75) is 19.6 Å². The number of methoxy groups -OCH3 is 1. The molecule has 2 aromatic carbocycles. The highest BCUT2D eigenvalue weighted by Gasteiger charge is 2.09. The van der Waals surface area contributed by atoms with Crippen LogP contribution < -0.4 is 25.8 Å². The number of benzene rings is 2. The van der Waals surface area contributed by atoms with Gasteiger partial charge >= 0.3 is 0 Å². The van der Waals surface area contributed by atoms with Gasteiger partial charge < -0.3 is 25.8 Å². The van der Waals surface area contributed by atoms with E-state index in [1.165, 1.54) is 0 Å². The number of amides is 1. The second-order valence-corrected chi connectivity index (χ2v) is 5.95. The second-order valence-electron chi connectivity index (χ2n) is 5.95. The second kappa shape index (κ2) is 10.1. The number of nitrogens with zero attached hydrogens (tertiary/aromatic N) is 1. The number of aliphatic imine (C=N–C) groups is 1. The molecule has 0 radical (unpaired) electrons. The first-order valence-corrected chi connectivity index (χ1v) is 8.66. The average molecular weight is 370 g/mol. The zero-order valence-electron chi connectivity index (χ0n) is 15.9. The quantitative estimate of drug-likeness (QED) is 0.487. The molecule has 2 aromatic rings. The Balaban J connectivity index is 1.84. The van der Waals surface area contributed by atoms with E-state index in [1.54, 1.807) is 32.4 Å². The van der Waals surface area contributed by atoms with E-state index in [-0.39, 0.29) is 6.10 Å². The fraction of sp³-hybridized carbons (Fsp3) is 0.300. The predicted octanol–water partition coefficient (Wildman–Crippen LogP) is 1.93. The van der Waals surface area contributed by atoms with Crippen LogP contribution in [0, 0.1) is 0 Å². The molecule has 1 amide bonds. The lowest BCUT2D eigenvalue weighted by molar-refractivity contribution is 0.1000. The number of hydrogen-bond acceptors (Lipinski definition) is 4. The van der Waals surface area contributed by atoms with Crippen molar-refractivity contribution in [2.75, 3.05) is 20.7 Å². The van der Waals surface area contributed by atoms with E-state index in [9.17, 15) is 4.79 Å². The Kier molecular flexibility index (Phi) is 7.49. The molecular formula is C20H26N4O3. The predicted molar refractivity (Wildman–Crippen MR) is 106 cm³/mol. The van der Waals surface area contributed by atoms with Crippen LogP contribution in [0.25, 0.3) is 0 Å². The van der Waals surface area contributed by atoms with Crippen molar-refractivity contribution in [2.24, 2.45) is 10.7 Å². The summed E-state index contributed by atoms with van der Waals surface area (Å²) in [6, 6.07) is 14.7. The third-order valence-electron chi connectivity index (χ3n) is 3.85. The summed E-state index contributed by atoms with van der Waals surface area (Å²) in [5, 5.41) is 6.42. The number of para-hydroxylation sites is 2. The van der Waals surface area contributed by atoms with Crippen LogP contribution in [-0.2, 0) is 6.54 Å². The van der Waals surface area contributed by atoms with Crippen LogP contribution in [0.15, 0.2) is 53.5 Å². The van der Waals surface area contributed by atoms with Gasteiger partial charge in [0.05, 0.1) is 13.7 Å². The Morgan fingerprint density at radius 1 is 1.15 bits per heavy atom. The molecule has 0 aliphatic carbocycles. The van der Waals surface area contributed by atoms with Gasteiger partial charge in [-0.1, -0.05) is 24.3 Å². The number of guanidine groups is 1. The standard InChI is InChI=1S/C20H26N4O3/c1-14(27-18-10-5-4-9-17(18)26-3)12-23-20(22-2)24-13-15-7-6-8-16(11-15)19(21)25/h4-11,14H,12-13H2,1-3H3,(H2,21,25)(H2,22,23,24). The van der Waals surface area contributed by atoms with Crippen molar-refractivity contribution in [3.05, 3.63) is 59.7 Å². The van der Waals surface area contributed by atoms with Crippen molar-refractivity contribution in [3.8, 4) is 11.5 Å². The van der Waals surface area contributed by atoms with Crippen LogP contribution >= 0.6 is 0 Å². The molecule has 2 rings (SSSR count). The number of ether oxygens (including phenoxy) is 2. The zero-order valence-corrected chi connectivity index (χ0v) is 15.9. The Bertz CT molecular complexity index is 792. The van der Waals surface area contributed by atoms with Gasteiger partial charge in [-0.15, -0.1) is 0 Å². The van der Waals surface area contributed by atoms with Gasteiger partial charge in [-0.25, -0.2) is 0 Å². The van der Waals surface area contributed by atoms with E-state index in [0.29, 0.717) is 36.1 Å². The Morgan fingerprint density at radius 2 is 1.89 bits per heavy atom. The number of nitrogens with one attached hydrogen (secondary N) is 2. The minimum absolute atomic E-state index is 0.0990. The third-order valence-corrected chi connectivity index (χ3v) is 3.85. The van der Waals surface area contributed by atoms with Gasteiger partial charge in [-0.3, -0.25) is 9.79 Å². The molecule has 7 heteroatoms. The Labute approximate surface area is 159 Å². The number of carbonyl (C=O) groups excluding carboxylic acids is 1. The third kappa shape index (κ3) is 6.22. The fourth-order valence-corrected chi connectivity index (χ4v) is 2.46. The van der Waals surface area contributed by atoms with E-state index in [4.69, 9.17) is 15.2 Å². The summed E-state index contributed by atoms with van der Waals surface area (Å²) in [6.45, 7) is 3.03. The summed E-state index contributed by atoms with van der Waals surface area (Å²) in [4.78, 5) is 15.5. The summed E-state index contributed by atoms with van der Waals surface area (Å²) >= 11 is 0. The van der Waals surface area contributed by atoms with Crippen LogP contribution in [0.5, 0.6) is 11.5 Å². The van der Waals surface area contributed by atoms with Gasteiger partial charge in [0.25, 0.3) is 0 Å². The number of carbonyl (C=O) groups is 1. The summed E-state index contributed by atoms with van der Waals surface area (Å²) in [7, 11) is 3.31. The maximum atomic E-state index is 11.3. The Hall–Kier alpha value is -3.22. The summed E-state index contributed by atoms with van der Waals surface area (Å²) in [5.41, 5.74) is 6.73. The van der Waals surface area contributed by atoms with Gasteiger partial charge in [0.2, 0.25) is 5.91 Å². The minimum Gasteiger partial charge on any atom is -0.493 e. The summed E-state index contributed by atoms with van der Waals surface area (Å²) in [5.74, 6) is 1.58. The molecule has 0 aromatic heterocycles. The largest absolute Gasteiger partial charge is 0.493 e. The zero-order chi connectivity index (χ0) is 19.6. The molecule has 0 heterocycles. The lowest BCUT2D eigenvalue weighted by Gasteiger charge is -2.19. The van der Waals surface area contributed by atoms with E-state index in [2.05, 4.69) is 15.6 Å². The maximum absolute atomic E-state index is 11.3. The van der Waals surface area contributed by atoms with E-state index < -0.39 is 5.91 Å². The molecular weight excluding hydrogens is 344 g/mol. The van der Waals surface area contributed by atoms with Gasteiger partial charge in [-0.05, 0) is 36.8 Å². The lowest BCUT2D eigenvalue weighted by atomic mass is 10.1. The highest BCUT2D eigenvalue weighted by Crippen LogP contribution is 2.26. The van der Waals surface area contributed by atoms with E-state index in [1.807, 2.05) is 37.3 Å². The van der Waals surface area contributed by atoms with Crippen LogP contribution in [0.4, 0.5) is 0 Å². The monoisotopic (exact) mass is 370 g/mol. The van der Waals surface area contributed by atoms with Crippen molar-refractivity contribution in [1.29, 1.82) is 0 Å². The van der Waals surface area contributed by atoms with Gasteiger partial charge in [0.1, 0.15) is 6.10 Å². The van der Waals surface area contributed by atoms with Crippen molar-refractivity contribution >= 4 is 11.9 Å². The lowest BCUT2D eigenvalue weighted by Crippen LogP contribution is -2.41. The van der Waals surface area contributed by atoms with Crippen LogP contribution in [-0.4, -0.2) is 38.7 Å². The van der Waals surface area contributed by atoms with Gasteiger partial charge in [0, 0.05) is 19.2 Å². The molecule has 0 aliphatic heterocycles. The van der Waals surface area contributed by atoms with Gasteiger partial charge in [0.15, 0.2) is 17.5 Å². The minimum atomic E-state index is -0.443. The van der Waals surface area contributed by atoms with Crippen molar-refractivity contribution in [1.82, 2.24) is 10.6 Å². The first-order chi connectivity index (χ1) is 13.0. The van der Waals surface area contributed by atoms with Crippen LogP contribution in [0.3, 0.4) is 0 Å². The van der Waals surface area contributed by atoms with Crippen LogP contribution in [0.2, 0.25) is 0 Å². The topological polar surface area (TPSA) is 98.0 Å². The highest BCUT2D eigenvalue weighted by atomic mass is 16.5. The molecule has 1 atom stereocenters. The molecule has 0 spiro atoms. The number of primary amides is 1. The van der Waals surface area contributed by atoms with Crippen molar-refractivity contribution < 1.29 is 14.3 Å². The number of hydrogen-bond donors (Lipinski definition) is 3. The fourth-order valence-electron chi connectivity index (χ4n) is 2.46. The number of rotatable bonds is 8. The van der Waals surface area contributed by atoms with E-state index >= 15 is 0 Å². The normalized spacial score (nSPS) is 12.2. The SMILES string of the molecule is CN=C(NCc1cccc(C(N)=O)c1)NCC(C)Oc1ccccc1OC.